The lowest BCUT2D eigenvalue weighted by molar-refractivity contribution is 0.0922. The average Bonchev–Trinajstić information content (AvgIpc) is 2.90. The van der Waals surface area contributed by atoms with Crippen LogP contribution in [0.25, 0.3) is 0 Å². The number of aryl methyl sites for hydroxylation is 1. The summed E-state index contributed by atoms with van der Waals surface area (Å²) < 4.78 is 0.884. The molecule has 6 heteroatoms. The summed E-state index contributed by atoms with van der Waals surface area (Å²) in [5.41, 5.74) is 6.67. The van der Waals surface area contributed by atoms with Crippen molar-refractivity contribution in [3.63, 3.8) is 0 Å². The van der Waals surface area contributed by atoms with Gasteiger partial charge in [-0.05, 0) is 37.5 Å². The molecule has 4 N–H and O–H groups in total. The maximum Gasteiger partial charge on any atom is 0.252 e. The van der Waals surface area contributed by atoms with Crippen molar-refractivity contribution in [2.45, 2.75) is 38.1 Å². The van der Waals surface area contributed by atoms with Gasteiger partial charge in [0.05, 0.1) is 0 Å². The highest BCUT2D eigenvalue weighted by Gasteiger charge is 2.39. The molecular weight excluding hydrogens is 322 g/mol. The lowest BCUT2D eigenvalue weighted by Crippen LogP contribution is -2.55. The Morgan fingerprint density at radius 2 is 2.10 bits per heavy atom. The lowest BCUT2D eigenvalue weighted by Gasteiger charge is -2.28. The minimum atomic E-state index is -0.719. The number of hydrogen-bond donors (Lipinski definition) is 3. The van der Waals surface area contributed by atoms with Gasteiger partial charge in [-0.15, -0.1) is 0 Å². The van der Waals surface area contributed by atoms with E-state index in [0.29, 0.717) is 18.4 Å². The summed E-state index contributed by atoms with van der Waals surface area (Å²) in [5.74, 6) is -0.131. The maximum absolute atomic E-state index is 12.4. The molecule has 5 nitrogen and oxygen atoms in total. The monoisotopic (exact) mass is 339 g/mol. The van der Waals surface area contributed by atoms with Crippen LogP contribution in [0.5, 0.6) is 0 Å². The van der Waals surface area contributed by atoms with Crippen LogP contribution in [-0.4, -0.2) is 22.5 Å². The molecule has 20 heavy (non-hydrogen) atoms. The first-order valence-electron chi connectivity index (χ1n) is 6.55. The molecule has 1 aromatic carbocycles. The van der Waals surface area contributed by atoms with Crippen molar-refractivity contribution in [3.8, 4) is 0 Å². The molecule has 1 aliphatic rings. The van der Waals surface area contributed by atoms with Gasteiger partial charge >= 0.3 is 0 Å². The van der Waals surface area contributed by atoms with Crippen LogP contribution >= 0.6 is 15.9 Å². The summed E-state index contributed by atoms with van der Waals surface area (Å²) >= 11 is 3.41. The summed E-state index contributed by atoms with van der Waals surface area (Å²) in [6.45, 7) is 1.96. The Labute approximate surface area is 126 Å². The number of halogens is 1. The average molecular weight is 340 g/mol. The Balaban J connectivity index is 2.23. The number of amides is 1. The van der Waals surface area contributed by atoms with Gasteiger partial charge in [0.15, 0.2) is 5.84 Å². The van der Waals surface area contributed by atoms with Gasteiger partial charge in [0, 0.05) is 10.0 Å². The van der Waals surface area contributed by atoms with Crippen molar-refractivity contribution in [2.75, 3.05) is 0 Å². The van der Waals surface area contributed by atoms with E-state index in [1.807, 2.05) is 13.0 Å². The van der Waals surface area contributed by atoms with E-state index in [1.165, 1.54) is 0 Å². The van der Waals surface area contributed by atoms with Crippen LogP contribution in [0.3, 0.4) is 0 Å². The van der Waals surface area contributed by atoms with E-state index < -0.39 is 5.54 Å². The number of nitrogens with one attached hydrogen (secondary N) is 1. The highest BCUT2D eigenvalue weighted by Crippen LogP contribution is 2.30. The summed E-state index contributed by atoms with van der Waals surface area (Å²) in [4.78, 5) is 12.4. The normalized spacial score (nSPS) is 18.0. The van der Waals surface area contributed by atoms with E-state index in [-0.39, 0.29) is 11.7 Å². The molecule has 0 saturated heterocycles. The molecule has 0 bridgehead atoms. The van der Waals surface area contributed by atoms with Gasteiger partial charge in [0.1, 0.15) is 5.54 Å². The molecule has 1 saturated carbocycles. The topological polar surface area (TPSA) is 87.7 Å². The first-order valence-corrected chi connectivity index (χ1v) is 7.34. The minimum Gasteiger partial charge on any atom is -0.409 e. The predicted molar refractivity (Wildman–Crippen MR) is 81.0 cm³/mol. The van der Waals surface area contributed by atoms with Crippen LogP contribution < -0.4 is 11.1 Å². The van der Waals surface area contributed by atoms with Gasteiger partial charge in [-0.1, -0.05) is 40.0 Å². The largest absolute Gasteiger partial charge is 0.409 e. The molecule has 1 amide bonds. The van der Waals surface area contributed by atoms with Crippen molar-refractivity contribution in [3.05, 3.63) is 33.8 Å². The molecular formula is C14H18BrN3O2. The first kappa shape index (κ1) is 14.8. The molecule has 0 heterocycles. The SMILES string of the molecule is Cc1ccc(C(=O)NC2(/C(N)=N/O)CCCC2)cc1Br. The van der Waals surface area contributed by atoms with Gasteiger partial charge in [0.25, 0.3) is 5.91 Å². The molecule has 0 atom stereocenters. The summed E-state index contributed by atoms with van der Waals surface area (Å²) in [6, 6.07) is 5.42. The quantitative estimate of drug-likeness (QED) is 0.342. The fourth-order valence-corrected chi connectivity index (χ4v) is 2.92. The Hall–Kier alpha value is -1.56. The molecule has 0 aliphatic heterocycles. The number of amidine groups is 1. The Morgan fingerprint density at radius 3 is 2.65 bits per heavy atom. The van der Waals surface area contributed by atoms with Crippen molar-refractivity contribution < 1.29 is 10.0 Å². The second kappa shape index (κ2) is 5.83. The summed E-state index contributed by atoms with van der Waals surface area (Å²) in [5, 5.41) is 15.0. The van der Waals surface area contributed by atoms with E-state index in [1.54, 1.807) is 12.1 Å². The van der Waals surface area contributed by atoms with Crippen LogP contribution in [-0.2, 0) is 0 Å². The van der Waals surface area contributed by atoms with E-state index >= 15 is 0 Å². The zero-order valence-corrected chi connectivity index (χ0v) is 12.9. The highest BCUT2D eigenvalue weighted by atomic mass is 79.9. The van der Waals surface area contributed by atoms with Crippen molar-refractivity contribution in [2.24, 2.45) is 10.9 Å². The molecule has 0 spiro atoms. The number of carbonyl (C=O) groups excluding carboxylic acids is 1. The molecule has 0 radical (unpaired) electrons. The van der Waals surface area contributed by atoms with Crippen LogP contribution in [0.1, 0.15) is 41.6 Å². The maximum atomic E-state index is 12.4. The Bertz CT molecular complexity index is 551. The van der Waals surface area contributed by atoms with Gasteiger partial charge in [0.2, 0.25) is 0 Å². The second-order valence-electron chi connectivity index (χ2n) is 5.19. The van der Waals surface area contributed by atoms with Gasteiger partial charge in [-0.25, -0.2) is 0 Å². The van der Waals surface area contributed by atoms with Crippen molar-refractivity contribution in [1.29, 1.82) is 0 Å². The molecule has 1 fully saturated rings. The minimum absolute atomic E-state index is 0.0783. The van der Waals surface area contributed by atoms with Crippen molar-refractivity contribution in [1.82, 2.24) is 5.32 Å². The van der Waals surface area contributed by atoms with E-state index in [4.69, 9.17) is 10.9 Å². The lowest BCUT2D eigenvalue weighted by atomic mass is 9.95. The molecule has 2 rings (SSSR count). The Kier molecular flexibility index (Phi) is 4.32. The van der Waals surface area contributed by atoms with Crippen LogP contribution in [0.4, 0.5) is 0 Å². The number of nitrogens with two attached hydrogens (primary N) is 1. The number of rotatable bonds is 3. The van der Waals surface area contributed by atoms with Gasteiger partial charge in [-0.3, -0.25) is 4.79 Å². The number of carbonyl (C=O) groups is 1. The third-order valence-corrected chi connectivity index (χ3v) is 4.70. The molecule has 108 valence electrons. The van der Waals surface area contributed by atoms with Gasteiger partial charge < -0.3 is 16.3 Å². The summed E-state index contributed by atoms with van der Waals surface area (Å²) in [7, 11) is 0. The zero-order valence-electron chi connectivity index (χ0n) is 11.3. The second-order valence-corrected chi connectivity index (χ2v) is 6.05. The fraction of sp³-hybridized carbons (Fsp3) is 0.429. The third-order valence-electron chi connectivity index (χ3n) is 3.84. The van der Waals surface area contributed by atoms with E-state index in [9.17, 15) is 4.79 Å². The van der Waals surface area contributed by atoms with Gasteiger partial charge in [-0.2, -0.15) is 0 Å². The molecule has 0 unspecified atom stereocenters. The predicted octanol–water partition coefficient (Wildman–Crippen LogP) is 2.55. The van der Waals surface area contributed by atoms with E-state index in [2.05, 4.69) is 26.4 Å². The zero-order chi connectivity index (χ0) is 14.8. The highest BCUT2D eigenvalue weighted by molar-refractivity contribution is 9.10. The smallest absolute Gasteiger partial charge is 0.252 e. The standard InChI is InChI=1S/C14H18BrN3O2/c1-9-4-5-10(8-11(9)15)12(19)17-14(13(16)18-20)6-2-3-7-14/h4-5,8,20H,2-3,6-7H2,1H3,(H2,16,18)(H,17,19). The Morgan fingerprint density at radius 1 is 1.45 bits per heavy atom. The van der Waals surface area contributed by atoms with Crippen LogP contribution in [0.2, 0.25) is 0 Å². The third kappa shape index (κ3) is 2.80. The number of benzene rings is 1. The molecule has 0 aromatic heterocycles. The first-order chi connectivity index (χ1) is 9.48. The number of nitrogens with zero attached hydrogens (tertiary/aromatic N) is 1. The van der Waals surface area contributed by atoms with E-state index in [0.717, 1.165) is 22.9 Å². The molecule has 1 aliphatic carbocycles. The fourth-order valence-electron chi connectivity index (χ4n) is 2.54. The number of hydrogen-bond acceptors (Lipinski definition) is 3. The summed E-state index contributed by atoms with van der Waals surface area (Å²) in [6.07, 6.45) is 3.30. The van der Waals surface area contributed by atoms with Crippen molar-refractivity contribution >= 4 is 27.7 Å². The number of oxime groups is 1. The molecule has 1 aromatic rings. The van der Waals surface area contributed by atoms with Crippen LogP contribution in [0.15, 0.2) is 27.8 Å². The van der Waals surface area contributed by atoms with Crippen LogP contribution in [0, 0.1) is 6.92 Å².